The minimum absolute atomic E-state index is 0.177. The van der Waals surface area contributed by atoms with Crippen molar-refractivity contribution in [3.63, 3.8) is 0 Å². The number of aromatic nitrogens is 1. The maximum absolute atomic E-state index is 13.8. The van der Waals surface area contributed by atoms with Gasteiger partial charge in [-0.25, -0.2) is 4.39 Å². The van der Waals surface area contributed by atoms with Gasteiger partial charge in [-0.2, -0.15) is 0 Å². The molecule has 0 fully saturated rings. The molecule has 0 aliphatic rings. The summed E-state index contributed by atoms with van der Waals surface area (Å²) in [5, 5.41) is 4.22. The highest BCUT2D eigenvalue weighted by Gasteiger charge is 2.12. The van der Waals surface area contributed by atoms with Crippen molar-refractivity contribution < 1.29 is 4.39 Å². The Balaban J connectivity index is 1.68. The summed E-state index contributed by atoms with van der Waals surface area (Å²) in [6.07, 6.45) is 2.56. The van der Waals surface area contributed by atoms with Crippen LogP contribution in [0.1, 0.15) is 31.9 Å². The third kappa shape index (κ3) is 3.56. The Morgan fingerprint density at radius 1 is 1.00 bits per heavy atom. The molecule has 0 spiro atoms. The summed E-state index contributed by atoms with van der Waals surface area (Å²) in [6, 6.07) is 15.7. The van der Waals surface area contributed by atoms with E-state index in [1.807, 2.05) is 12.1 Å². The van der Waals surface area contributed by atoms with Crippen molar-refractivity contribution in [3.05, 3.63) is 71.7 Å². The summed E-state index contributed by atoms with van der Waals surface area (Å²) in [5.41, 5.74) is 4.15. The van der Waals surface area contributed by atoms with Crippen molar-refractivity contribution in [1.82, 2.24) is 4.98 Å². The average Bonchev–Trinajstić information content (AvgIpc) is 2.55. The molecule has 0 atom stereocenters. The number of nitrogens with zero attached hydrogens (tertiary/aromatic N) is 1. The highest BCUT2D eigenvalue weighted by atomic mass is 19.1. The number of hydrogen-bond donors (Lipinski definition) is 1. The molecule has 0 aliphatic carbocycles. The lowest BCUT2D eigenvalue weighted by Gasteiger charge is -2.19. The summed E-state index contributed by atoms with van der Waals surface area (Å²) in [4.78, 5) is 4.13. The monoisotopic (exact) mass is 322 g/mol. The van der Waals surface area contributed by atoms with E-state index in [2.05, 4.69) is 55.3 Å². The molecule has 2 nitrogen and oxygen atoms in total. The van der Waals surface area contributed by atoms with Crippen LogP contribution in [0.3, 0.4) is 0 Å². The van der Waals surface area contributed by atoms with Crippen LogP contribution in [-0.4, -0.2) is 11.5 Å². The zero-order valence-corrected chi connectivity index (χ0v) is 14.4. The van der Waals surface area contributed by atoms with Crippen LogP contribution >= 0.6 is 0 Å². The molecule has 0 unspecified atom stereocenters. The van der Waals surface area contributed by atoms with Crippen LogP contribution in [0, 0.1) is 5.82 Å². The summed E-state index contributed by atoms with van der Waals surface area (Å²) in [5.74, 6) is -0.283. The molecule has 0 bridgehead atoms. The van der Waals surface area contributed by atoms with E-state index in [0.717, 1.165) is 24.0 Å². The molecule has 2 aromatic carbocycles. The van der Waals surface area contributed by atoms with Gasteiger partial charge < -0.3 is 5.32 Å². The van der Waals surface area contributed by atoms with Crippen molar-refractivity contribution in [1.29, 1.82) is 0 Å². The quantitative estimate of drug-likeness (QED) is 0.702. The van der Waals surface area contributed by atoms with Gasteiger partial charge in [0.05, 0.1) is 0 Å². The van der Waals surface area contributed by atoms with E-state index >= 15 is 0 Å². The lowest BCUT2D eigenvalue weighted by molar-refractivity contribution is 0.590. The van der Waals surface area contributed by atoms with Gasteiger partial charge in [-0.15, -0.1) is 0 Å². The first-order chi connectivity index (χ1) is 11.4. The van der Waals surface area contributed by atoms with Crippen LogP contribution in [0.15, 0.2) is 54.7 Å². The number of pyridine rings is 1. The van der Waals surface area contributed by atoms with Gasteiger partial charge in [0.2, 0.25) is 0 Å². The lowest BCUT2D eigenvalue weighted by Crippen LogP contribution is -2.11. The molecular weight excluding hydrogens is 299 g/mol. The van der Waals surface area contributed by atoms with Crippen LogP contribution in [0.25, 0.3) is 10.9 Å². The number of hydrogen-bond acceptors (Lipinski definition) is 2. The van der Waals surface area contributed by atoms with Crippen molar-refractivity contribution in [2.45, 2.75) is 32.6 Å². The van der Waals surface area contributed by atoms with Gasteiger partial charge in [0.15, 0.2) is 0 Å². The zero-order valence-electron chi connectivity index (χ0n) is 14.4. The Kier molecular flexibility index (Phi) is 4.52. The van der Waals surface area contributed by atoms with E-state index in [4.69, 9.17) is 0 Å². The highest BCUT2D eigenvalue weighted by Crippen LogP contribution is 2.24. The lowest BCUT2D eigenvalue weighted by atomic mass is 9.86. The summed E-state index contributed by atoms with van der Waals surface area (Å²) in [6.45, 7) is 7.45. The molecule has 124 valence electrons. The number of rotatable bonds is 4. The summed E-state index contributed by atoms with van der Waals surface area (Å²) >= 11 is 0. The van der Waals surface area contributed by atoms with Gasteiger partial charge in [-0.05, 0) is 35.1 Å². The summed E-state index contributed by atoms with van der Waals surface area (Å²) in [7, 11) is 0. The van der Waals surface area contributed by atoms with Crippen LogP contribution in [-0.2, 0) is 11.8 Å². The van der Waals surface area contributed by atoms with E-state index in [1.54, 1.807) is 12.3 Å². The second-order valence-corrected chi connectivity index (χ2v) is 7.12. The number of anilines is 1. The predicted molar refractivity (Wildman–Crippen MR) is 99.0 cm³/mol. The predicted octanol–water partition coefficient (Wildman–Crippen LogP) is 5.33. The fraction of sp³-hybridized carbons (Fsp3) is 0.286. The van der Waals surface area contributed by atoms with Crippen molar-refractivity contribution in [2.24, 2.45) is 0 Å². The fourth-order valence-electron chi connectivity index (χ4n) is 2.81. The number of benzene rings is 2. The molecule has 3 rings (SSSR count). The molecule has 0 aliphatic heterocycles. The molecule has 0 saturated heterocycles. The molecule has 3 aromatic rings. The maximum Gasteiger partial charge on any atom is 0.149 e. The number of nitrogens with one attached hydrogen (secondary N) is 1. The SMILES string of the molecule is CC(C)(C)c1ccc(CCNc2ccnc3c(F)cccc23)cc1. The van der Waals surface area contributed by atoms with Gasteiger partial charge in [0.1, 0.15) is 11.3 Å². The normalized spacial score (nSPS) is 11.7. The van der Waals surface area contributed by atoms with E-state index in [9.17, 15) is 4.39 Å². The topological polar surface area (TPSA) is 24.9 Å². The Morgan fingerprint density at radius 3 is 2.46 bits per heavy atom. The second-order valence-electron chi connectivity index (χ2n) is 7.12. The van der Waals surface area contributed by atoms with Crippen LogP contribution in [0.2, 0.25) is 0 Å². The molecule has 1 heterocycles. The number of halogens is 1. The molecule has 24 heavy (non-hydrogen) atoms. The molecule has 0 radical (unpaired) electrons. The van der Waals surface area contributed by atoms with Crippen molar-refractivity contribution in [3.8, 4) is 0 Å². The minimum Gasteiger partial charge on any atom is -0.384 e. The Bertz CT molecular complexity index is 833. The molecule has 1 aromatic heterocycles. The van der Waals surface area contributed by atoms with Gasteiger partial charge in [-0.1, -0.05) is 57.2 Å². The fourth-order valence-corrected chi connectivity index (χ4v) is 2.81. The Labute approximate surface area is 142 Å². The van der Waals surface area contributed by atoms with Crippen LogP contribution < -0.4 is 5.32 Å². The smallest absolute Gasteiger partial charge is 0.149 e. The Hall–Kier alpha value is -2.42. The highest BCUT2D eigenvalue weighted by molar-refractivity contribution is 5.91. The largest absolute Gasteiger partial charge is 0.384 e. The van der Waals surface area contributed by atoms with E-state index < -0.39 is 0 Å². The van der Waals surface area contributed by atoms with Gasteiger partial charge >= 0.3 is 0 Å². The summed E-state index contributed by atoms with van der Waals surface area (Å²) < 4.78 is 13.8. The standard InChI is InChI=1S/C21H23FN2/c1-21(2,3)16-9-7-15(8-10-16)11-13-23-19-12-14-24-20-17(19)5-4-6-18(20)22/h4-10,12,14H,11,13H2,1-3H3,(H,23,24). The molecule has 3 heteroatoms. The van der Waals surface area contributed by atoms with E-state index in [-0.39, 0.29) is 11.2 Å². The van der Waals surface area contributed by atoms with Crippen molar-refractivity contribution in [2.75, 3.05) is 11.9 Å². The zero-order chi connectivity index (χ0) is 17.2. The number of fused-ring (bicyclic) bond motifs is 1. The molecular formula is C21H23FN2. The van der Waals surface area contributed by atoms with Crippen molar-refractivity contribution >= 4 is 16.6 Å². The average molecular weight is 322 g/mol. The number of para-hydroxylation sites is 1. The maximum atomic E-state index is 13.8. The Morgan fingerprint density at radius 2 is 1.75 bits per heavy atom. The van der Waals surface area contributed by atoms with E-state index in [0.29, 0.717) is 5.52 Å². The first kappa shape index (κ1) is 16.4. The molecule has 0 saturated carbocycles. The first-order valence-electron chi connectivity index (χ1n) is 8.32. The third-order valence-corrected chi connectivity index (χ3v) is 4.27. The second kappa shape index (κ2) is 6.60. The van der Waals surface area contributed by atoms with Crippen LogP contribution in [0.4, 0.5) is 10.1 Å². The van der Waals surface area contributed by atoms with Gasteiger partial charge in [0, 0.05) is 23.8 Å². The molecule has 1 N–H and O–H groups in total. The first-order valence-corrected chi connectivity index (χ1v) is 8.32. The van der Waals surface area contributed by atoms with Gasteiger partial charge in [-0.3, -0.25) is 4.98 Å². The molecule has 0 amide bonds. The van der Waals surface area contributed by atoms with E-state index in [1.165, 1.54) is 17.2 Å². The third-order valence-electron chi connectivity index (χ3n) is 4.27. The van der Waals surface area contributed by atoms with Gasteiger partial charge in [0.25, 0.3) is 0 Å². The minimum atomic E-state index is -0.283. The van der Waals surface area contributed by atoms with Crippen LogP contribution in [0.5, 0.6) is 0 Å².